The number of aliphatic hydroxyl groups is 1. The lowest BCUT2D eigenvalue weighted by Gasteiger charge is -2.36. The van der Waals surface area contributed by atoms with Crippen LogP contribution in [0.15, 0.2) is 48.5 Å². The summed E-state index contributed by atoms with van der Waals surface area (Å²) in [6, 6.07) is 15.1. The maximum Gasteiger partial charge on any atom is 0.252 e. The zero-order valence-corrected chi connectivity index (χ0v) is 16.3. The number of rotatable bonds is 5. The van der Waals surface area contributed by atoms with Crippen LogP contribution in [0.25, 0.3) is 11.0 Å². The number of fused-ring (bicyclic) bond motifs is 1. The summed E-state index contributed by atoms with van der Waals surface area (Å²) in [5.74, 6) is -3.12. The minimum atomic E-state index is -2.76. The molecule has 0 spiro atoms. The number of nitriles is 1. The van der Waals surface area contributed by atoms with Gasteiger partial charge in [0.1, 0.15) is 0 Å². The van der Waals surface area contributed by atoms with Crippen LogP contribution in [0.5, 0.6) is 0 Å². The predicted octanol–water partition coefficient (Wildman–Crippen LogP) is 4.11. The summed E-state index contributed by atoms with van der Waals surface area (Å²) in [7, 11) is 0. The number of hydrogen-bond donors (Lipinski definition) is 2. The van der Waals surface area contributed by atoms with E-state index in [2.05, 4.69) is 10.3 Å². The van der Waals surface area contributed by atoms with Gasteiger partial charge in [0.25, 0.3) is 5.92 Å². The van der Waals surface area contributed by atoms with Crippen LogP contribution in [0.1, 0.15) is 43.4 Å². The van der Waals surface area contributed by atoms with E-state index in [9.17, 15) is 23.9 Å². The van der Waals surface area contributed by atoms with E-state index in [1.165, 1.54) is 6.92 Å². The summed E-state index contributed by atoms with van der Waals surface area (Å²) in [6.45, 7) is 1.54. The van der Waals surface area contributed by atoms with Gasteiger partial charge in [0.2, 0.25) is 11.9 Å². The number of carbonyl (C=O) groups is 1. The van der Waals surface area contributed by atoms with Gasteiger partial charge >= 0.3 is 0 Å². The van der Waals surface area contributed by atoms with E-state index in [-0.39, 0.29) is 25.2 Å². The molecule has 2 aromatic carbocycles. The molecule has 0 saturated heterocycles. The Hall–Kier alpha value is -3.31. The van der Waals surface area contributed by atoms with Crippen molar-refractivity contribution >= 4 is 22.9 Å². The van der Waals surface area contributed by atoms with Crippen molar-refractivity contribution < 1.29 is 18.7 Å². The maximum absolute atomic E-state index is 13.5. The van der Waals surface area contributed by atoms with Crippen LogP contribution in [0.2, 0.25) is 0 Å². The molecule has 0 bridgehead atoms. The fourth-order valence-corrected chi connectivity index (χ4v) is 3.81. The molecule has 1 heterocycles. The molecule has 3 aromatic rings. The number of imidazole rings is 1. The van der Waals surface area contributed by atoms with Crippen LogP contribution < -0.4 is 5.32 Å². The molecule has 1 aromatic heterocycles. The van der Waals surface area contributed by atoms with Gasteiger partial charge in [0, 0.05) is 18.9 Å². The third-order valence-corrected chi connectivity index (χ3v) is 5.40. The Balaban J connectivity index is 1.63. The molecule has 6 nitrogen and oxygen atoms in total. The molecule has 0 aliphatic heterocycles. The highest BCUT2D eigenvalue weighted by atomic mass is 19.3. The van der Waals surface area contributed by atoms with Crippen LogP contribution in [-0.2, 0) is 10.4 Å². The lowest BCUT2D eigenvalue weighted by Crippen LogP contribution is -2.38. The molecule has 1 amide bonds. The fraction of sp³-hybridized carbons (Fsp3) is 0.318. The molecule has 4 rings (SSSR count). The molecule has 30 heavy (non-hydrogen) atoms. The summed E-state index contributed by atoms with van der Waals surface area (Å²) in [5, 5.41) is 22.6. The lowest BCUT2D eigenvalue weighted by molar-refractivity contribution is -0.120. The zero-order valence-electron chi connectivity index (χ0n) is 16.3. The Kier molecular flexibility index (Phi) is 4.79. The van der Waals surface area contributed by atoms with E-state index in [1.54, 1.807) is 47.0 Å². The van der Waals surface area contributed by atoms with Crippen molar-refractivity contribution in [3.05, 3.63) is 59.7 Å². The van der Waals surface area contributed by atoms with Crippen molar-refractivity contribution in [2.75, 3.05) is 5.32 Å². The van der Waals surface area contributed by atoms with Gasteiger partial charge in [-0.2, -0.15) is 5.26 Å². The van der Waals surface area contributed by atoms with Crippen molar-refractivity contribution in [3.8, 4) is 6.07 Å². The molecule has 1 aliphatic rings. The molecule has 1 aliphatic carbocycles. The molecule has 0 radical (unpaired) electrons. The SMILES string of the molecule is CC(O)(CC(=O)Nc1nc2ccc(C#N)cc2n1C1CC(F)(F)C1)c1ccccc1. The largest absolute Gasteiger partial charge is 0.385 e. The van der Waals surface area contributed by atoms with Crippen LogP contribution in [-0.4, -0.2) is 26.5 Å². The molecule has 1 fully saturated rings. The van der Waals surface area contributed by atoms with Gasteiger partial charge in [0.15, 0.2) is 0 Å². The summed E-state index contributed by atoms with van der Waals surface area (Å²) in [5.41, 5.74) is 0.569. The summed E-state index contributed by atoms with van der Waals surface area (Å²) in [6.07, 6.45) is -0.954. The van der Waals surface area contributed by atoms with Crippen LogP contribution >= 0.6 is 0 Å². The lowest BCUT2D eigenvalue weighted by atomic mass is 9.88. The number of carbonyl (C=O) groups excluding carboxylic acids is 1. The molecule has 1 atom stereocenters. The van der Waals surface area contributed by atoms with E-state index >= 15 is 0 Å². The predicted molar refractivity (Wildman–Crippen MR) is 107 cm³/mol. The smallest absolute Gasteiger partial charge is 0.252 e. The second-order valence-electron chi connectivity index (χ2n) is 7.90. The minimum absolute atomic E-state index is 0.134. The van der Waals surface area contributed by atoms with Crippen LogP contribution in [0.4, 0.5) is 14.7 Å². The number of alkyl halides is 2. The van der Waals surface area contributed by atoms with E-state index in [0.29, 0.717) is 22.2 Å². The Morgan fingerprint density at radius 1 is 1.33 bits per heavy atom. The topological polar surface area (TPSA) is 90.9 Å². The number of hydrogen-bond acceptors (Lipinski definition) is 4. The number of benzene rings is 2. The Morgan fingerprint density at radius 2 is 2.03 bits per heavy atom. The quantitative estimate of drug-likeness (QED) is 0.662. The van der Waals surface area contributed by atoms with Gasteiger partial charge in [0.05, 0.1) is 34.7 Å². The third kappa shape index (κ3) is 3.76. The highest BCUT2D eigenvalue weighted by Crippen LogP contribution is 2.47. The Labute approximate surface area is 171 Å². The second kappa shape index (κ2) is 7.18. The first-order valence-electron chi connectivity index (χ1n) is 9.56. The van der Waals surface area contributed by atoms with Crippen molar-refractivity contribution in [2.24, 2.45) is 0 Å². The highest BCUT2D eigenvalue weighted by molar-refractivity contribution is 5.92. The van der Waals surface area contributed by atoms with Gasteiger partial charge in [-0.15, -0.1) is 0 Å². The number of aromatic nitrogens is 2. The first kappa shape index (κ1) is 20.0. The zero-order chi connectivity index (χ0) is 21.5. The first-order valence-corrected chi connectivity index (χ1v) is 9.56. The second-order valence-corrected chi connectivity index (χ2v) is 7.90. The number of nitrogens with zero attached hydrogens (tertiary/aromatic N) is 3. The standard InChI is InChI=1S/C22H20F2N4O2/c1-21(30,15-5-3-2-4-6-15)12-19(29)27-20-26-17-8-7-14(13-25)9-18(17)28(20)16-10-22(23,24)11-16/h2-9,16,30H,10-12H2,1H3,(H,26,27,29). The highest BCUT2D eigenvalue weighted by Gasteiger charge is 2.47. The normalized spacial score (nSPS) is 17.7. The Bertz CT molecular complexity index is 1140. The van der Waals surface area contributed by atoms with Crippen molar-refractivity contribution in [1.29, 1.82) is 5.26 Å². The monoisotopic (exact) mass is 410 g/mol. The van der Waals surface area contributed by atoms with Gasteiger partial charge in [-0.3, -0.25) is 10.1 Å². The first-order chi connectivity index (χ1) is 14.2. The van der Waals surface area contributed by atoms with Crippen LogP contribution in [0, 0.1) is 11.3 Å². The number of nitrogens with one attached hydrogen (secondary N) is 1. The molecule has 2 N–H and O–H groups in total. The molecular weight excluding hydrogens is 390 g/mol. The van der Waals surface area contributed by atoms with Crippen molar-refractivity contribution in [1.82, 2.24) is 9.55 Å². The molecule has 1 saturated carbocycles. The molecule has 1 unspecified atom stereocenters. The van der Waals surface area contributed by atoms with Crippen molar-refractivity contribution in [2.45, 2.75) is 43.8 Å². The van der Waals surface area contributed by atoms with Crippen LogP contribution in [0.3, 0.4) is 0 Å². The maximum atomic E-state index is 13.5. The minimum Gasteiger partial charge on any atom is -0.385 e. The summed E-state index contributed by atoms with van der Waals surface area (Å²) >= 11 is 0. The average Bonchev–Trinajstić information content (AvgIpc) is 3.02. The molecular formula is C22H20F2N4O2. The molecule has 8 heteroatoms. The van der Waals surface area contributed by atoms with E-state index in [1.807, 2.05) is 12.1 Å². The third-order valence-electron chi connectivity index (χ3n) is 5.40. The Morgan fingerprint density at radius 3 is 2.67 bits per heavy atom. The van der Waals surface area contributed by atoms with Gasteiger partial charge in [-0.05, 0) is 30.7 Å². The van der Waals surface area contributed by atoms with E-state index < -0.39 is 23.5 Å². The van der Waals surface area contributed by atoms with E-state index in [4.69, 9.17) is 0 Å². The fourth-order valence-electron chi connectivity index (χ4n) is 3.81. The van der Waals surface area contributed by atoms with Crippen molar-refractivity contribution in [3.63, 3.8) is 0 Å². The number of halogens is 2. The van der Waals surface area contributed by atoms with Gasteiger partial charge < -0.3 is 9.67 Å². The summed E-state index contributed by atoms with van der Waals surface area (Å²) in [4.78, 5) is 17.1. The number of anilines is 1. The molecule has 154 valence electrons. The van der Waals surface area contributed by atoms with E-state index in [0.717, 1.165) is 0 Å². The summed E-state index contributed by atoms with van der Waals surface area (Å²) < 4.78 is 28.6. The van der Waals surface area contributed by atoms with Gasteiger partial charge in [-0.25, -0.2) is 13.8 Å². The number of amides is 1. The van der Waals surface area contributed by atoms with Gasteiger partial charge in [-0.1, -0.05) is 30.3 Å². The average molecular weight is 410 g/mol.